The molecule has 0 aromatic carbocycles. The Morgan fingerprint density at radius 2 is 1.79 bits per heavy atom. The summed E-state index contributed by atoms with van der Waals surface area (Å²) in [6.45, 7) is 1.68. The number of rotatable bonds is 7. The van der Waals surface area contributed by atoms with E-state index in [4.69, 9.17) is 5.11 Å². The maximum absolute atomic E-state index is 11.8. The molecule has 0 spiro atoms. The van der Waals surface area contributed by atoms with Gasteiger partial charge in [0.2, 0.25) is 20.7 Å². The van der Waals surface area contributed by atoms with Crippen molar-refractivity contribution in [3.63, 3.8) is 0 Å². The van der Waals surface area contributed by atoms with Crippen molar-refractivity contribution >= 4 is 25.6 Å². The standard InChI is InChI=1S/C10H14O7S2/c1-2-5-18(13,14)6-7-19(15,16)9-4-3-8(17-9)10(11)12/h3-4H,2,5-7H2,1H3,(H,11,12). The minimum Gasteiger partial charge on any atom is -0.475 e. The van der Waals surface area contributed by atoms with E-state index in [2.05, 4.69) is 4.42 Å². The van der Waals surface area contributed by atoms with Gasteiger partial charge in [0.15, 0.2) is 9.84 Å². The van der Waals surface area contributed by atoms with Crippen LogP contribution in [-0.4, -0.2) is 45.2 Å². The van der Waals surface area contributed by atoms with E-state index in [0.717, 1.165) is 12.1 Å². The molecule has 0 saturated heterocycles. The topological polar surface area (TPSA) is 119 Å². The van der Waals surface area contributed by atoms with Crippen molar-refractivity contribution in [2.24, 2.45) is 0 Å². The molecular weight excluding hydrogens is 296 g/mol. The van der Waals surface area contributed by atoms with Gasteiger partial charge < -0.3 is 9.52 Å². The lowest BCUT2D eigenvalue weighted by Crippen LogP contribution is -2.19. The third kappa shape index (κ3) is 4.35. The lowest BCUT2D eigenvalue weighted by atomic mass is 10.5. The number of hydrogen-bond donors (Lipinski definition) is 1. The van der Waals surface area contributed by atoms with Gasteiger partial charge in [-0.25, -0.2) is 21.6 Å². The molecule has 1 aromatic rings. The molecule has 9 heteroatoms. The molecule has 0 saturated carbocycles. The highest BCUT2D eigenvalue weighted by Gasteiger charge is 2.23. The van der Waals surface area contributed by atoms with E-state index in [0.29, 0.717) is 6.42 Å². The van der Waals surface area contributed by atoms with Crippen molar-refractivity contribution in [1.82, 2.24) is 0 Å². The molecule has 1 aromatic heterocycles. The fraction of sp³-hybridized carbons (Fsp3) is 0.500. The van der Waals surface area contributed by atoms with Crippen molar-refractivity contribution in [3.05, 3.63) is 17.9 Å². The molecule has 0 fully saturated rings. The smallest absolute Gasteiger partial charge is 0.371 e. The Balaban J connectivity index is 2.84. The van der Waals surface area contributed by atoms with Crippen LogP contribution >= 0.6 is 0 Å². The minimum absolute atomic E-state index is 0.0823. The Labute approximate surface area is 111 Å². The van der Waals surface area contributed by atoms with Crippen molar-refractivity contribution in [2.75, 3.05) is 17.3 Å². The van der Waals surface area contributed by atoms with Gasteiger partial charge in [0, 0.05) is 5.75 Å². The molecule has 1 N–H and O–H groups in total. The number of carboxylic acid groups (broad SMARTS) is 1. The first kappa shape index (κ1) is 15.7. The third-order valence-corrected chi connectivity index (χ3v) is 5.97. The average Bonchev–Trinajstić information content (AvgIpc) is 2.77. The van der Waals surface area contributed by atoms with Gasteiger partial charge in [0.1, 0.15) is 0 Å². The number of sulfone groups is 2. The zero-order chi connectivity index (χ0) is 14.7. The molecule has 0 atom stereocenters. The fourth-order valence-corrected chi connectivity index (χ4v) is 4.77. The fourth-order valence-electron chi connectivity index (χ4n) is 1.35. The molecule has 19 heavy (non-hydrogen) atoms. The van der Waals surface area contributed by atoms with Crippen LogP contribution in [0.25, 0.3) is 0 Å². The van der Waals surface area contributed by atoms with E-state index in [1.54, 1.807) is 6.92 Å². The second-order valence-corrected chi connectivity index (χ2v) is 8.24. The number of carbonyl (C=O) groups is 1. The summed E-state index contributed by atoms with van der Waals surface area (Å²) >= 11 is 0. The molecule has 0 aliphatic carbocycles. The first-order chi connectivity index (χ1) is 8.68. The quantitative estimate of drug-likeness (QED) is 0.782. The highest BCUT2D eigenvalue weighted by atomic mass is 32.2. The monoisotopic (exact) mass is 310 g/mol. The van der Waals surface area contributed by atoms with E-state index in [1.807, 2.05) is 0 Å². The summed E-state index contributed by atoms with van der Waals surface area (Å²) in [4.78, 5) is 10.6. The SMILES string of the molecule is CCCS(=O)(=O)CCS(=O)(=O)c1ccc(C(=O)O)o1. The Morgan fingerprint density at radius 1 is 1.16 bits per heavy atom. The van der Waals surface area contributed by atoms with E-state index < -0.39 is 48.0 Å². The molecule has 1 heterocycles. The van der Waals surface area contributed by atoms with Crippen molar-refractivity contribution in [1.29, 1.82) is 0 Å². The van der Waals surface area contributed by atoms with Crippen molar-refractivity contribution in [2.45, 2.75) is 18.4 Å². The normalized spacial score (nSPS) is 12.5. The Kier molecular flexibility index (Phi) is 4.75. The molecule has 0 unspecified atom stereocenters. The largest absolute Gasteiger partial charge is 0.475 e. The van der Waals surface area contributed by atoms with Crippen LogP contribution in [-0.2, 0) is 19.7 Å². The van der Waals surface area contributed by atoms with Crippen LogP contribution in [0.15, 0.2) is 21.6 Å². The molecule has 1 rings (SSSR count). The van der Waals surface area contributed by atoms with E-state index in [-0.39, 0.29) is 5.75 Å². The number of aromatic carboxylic acids is 1. The maximum atomic E-state index is 11.8. The summed E-state index contributed by atoms with van der Waals surface area (Å²) < 4.78 is 51.1. The average molecular weight is 310 g/mol. The Bertz CT molecular complexity index is 652. The van der Waals surface area contributed by atoms with E-state index in [9.17, 15) is 21.6 Å². The molecule has 0 radical (unpaired) electrons. The molecule has 0 bridgehead atoms. The van der Waals surface area contributed by atoms with E-state index in [1.165, 1.54) is 0 Å². The molecule has 108 valence electrons. The van der Waals surface area contributed by atoms with Gasteiger partial charge in [-0.1, -0.05) is 6.92 Å². The maximum Gasteiger partial charge on any atom is 0.371 e. The summed E-state index contributed by atoms with van der Waals surface area (Å²) in [6.07, 6.45) is 0.409. The van der Waals surface area contributed by atoms with Gasteiger partial charge in [-0.3, -0.25) is 0 Å². The molecular formula is C10H14O7S2. The zero-order valence-corrected chi connectivity index (χ0v) is 11.8. The predicted molar refractivity (Wildman–Crippen MR) is 66.7 cm³/mol. The van der Waals surface area contributed by atoms with Gasteiger partial charge in [0.05, 0.1) is 11.5 Å². The summed E-state index contributed by atoms with van der Waals surface area (Å²) in [5.41, 5.74) is 0. The first-order valence-electron chi connectivity index (χ1n) is 5.44. The lowest BCUT2D eigenvalue weighted by molar-refractivity contribution is 0.0656. The summed E-state index contributed by atoms with van der Waals surface area (Å²) in [5.74, 6) is -3.11. The molecule has 0 aliphatic rings. The van der Waals surface area contributed by atoms with Gasteiger partial charge >= 0.3 is 5.97 Å². The zero-order valence-electron chi connectivity index (χ0n) is 10.2. The van der Waals surface area contributed by atoms with Gasteiger partial charge in [-0.05, 0) is 18.6 Å². The van der Waals surface area contributed by atoms with Crippen LogP contribution in [0.2, 0.25) is 0 Å². The van der Waals surface area contributed by atoms with Crippen molar-refractivity contribution in [3.8, 4) is 0 Å². The number of hydrogen-bond acceptors (Lipinski definition) is 6. The van der Waals surface area contributed by atoms with Crippen LogP contribution in [0.5, 0.6) is 0 Å². The molecule has 0 aliphatic heterocycles. The predicted octanol–water partition coefficient (Wildman–Crippen LogP) is 0.576. The van der Waals surface area contributed by atoms with Crippen LogP contribution in [0, 0.1) is 0 Å². The summed E-state index contributed by atoms with van der Waals surface area (Å²) in [7, 11) is -7.35. The second kappa shape index (κ2) is 5.74. The highest BCUT2D eigenvalue weighted by Crippen LogP contribution is 2.16. The number of furan rings is 1. The second-order valence-electron chi connectivity index (χ2n) is 3.89. The van der Waals surface area contributed by atoms with Crippen LogP contribution in [0.1, 0.15) is 23.9 Å². The Morgan fingerprint density at radius 3 is 2.26 bits per heavy atom. The lowest BCUT2D eigenvalue weighted by Gasteiger charge is -2.02. The van der Waals surface area contributed by atoms with Crippen LogP contribution in [0.4, 0.5) is 0 Å². The Hall–Kier alpha value is -1.35. The van der Waals surface area contributed by atoms with Gasteiger partial charge in [0.25, 0.3) is 0 Å². The summed E-state index contributed by atoms with van der Waals surface area (Å²) in [6, 6.07) is 2.01. The van der Waals surface area contributed by atoms with E-state index >= 15 is 0 Å². The highest BCUT2D eigenvalue weighted by molar-refractivity contribution is 7.95. The minimum atomic E-state index is -3.93. The van der Waals surface area contributed by atoms with Gasteiger partial charge in [-0.15, -0.1) is 0 Å². The molecule has 0 amide bonds. The van der Waals surface area contributed by atoms with Crippen molar-refractivity contribution < 1.29 is 31.2 Å². The van der Waals surface area contributed by atoms with Crippen LogP contribution in [0.3, 0.4) is 0 Å². The number of carboxylic acids is 1. The van der Waals surface area contributed by atoms with Gasteiger partial charge in [-0.2, -0.15) is 0 Å². The third-order valence-electron chi connectivity index (χ3n) is 2.28. The first-order valence-corrected chi connectivity index (χ1v) is 8.91. The molecule has 7 nitrogen and oxygen atoms in total. The summed E-state index contributed by atoms with van der Waals surface area (Å²) in [5, 5.41) is 8.08. The van der Waals surface area contributed by atoms with Crippen LogP contribution < -0.4 is 0 Å².